The van der Waals surface area contributed by atoms with Gasteiger partial charge in [-0.2, -0.15) is 18.4 Å². The number of amides is 1. The summed E-state index contributed by atoms with van der Waals surface area (Å²) in [7, 11) is 0. The number of anilines is 1. The first kappa shape index (κ1) is 15.8. The van der Waals surface area contributed by atoms with Gasteiger partial charge in [-0.05, 0) is 31.2 Å². The fraction of sp³-hybridized carbons (Fsp3) is 0.385. The van der Waals surface area contributed by atoms with Crippen molar-refractivity contribution >= 4 is 27.5 Å². The van der Waals surface area contributed by atoms with Crippen LogP contribution in [-0.2, 0) is 4.79 Å². The SMILES string of the molecule is N#Cc1cc(Br)ccc1NC(=O)C1(C(F)(F)F)CCNC1. The molecule has 8 heteroatoms. The third kappa shape index (κ3) is 2.89. The molecule has 0 aromatic heterocycles. The van der Waals surface area contributed by atoms with Crippen LogP contribution in [0.1, 0.15) is 12.0 Å². The Bertz CT molecular complexity index is 604. The predicted molar refractivity (Wildman–Crippen MR) is 73.5 cm³/mol. The summed E-state index contributed by atoms with van der Waals surface area (Å²) in [5.41, 5.74) is -2.28. The molecule has 4 nitrogen and oxygen atoms in total. The molecule has 2 rings (SSSR count). The van der Waals surface area contributed by atoms with Crippen LogP contribution in [0.15, 0.2) is 22.7 Å². The van der Waals surface area contributed by atoms with Crippen LogP contribution in [0.2, 0.25) is 0 Å². The Morgan fingerprint density at radius 1 is 1.48 bits per heavy atom. The van der Waals surface area contributed by atoms with Crippen LogP contribution in [0.4, 0.5) is 18.9 Å². The number of nitriles is 1. The van der Waals surface area contributed by atoms with E-state index in [1.54, 1.807) is 6.07 Å². The van der Waals surface area contributed by atoms with E-state index >= 15 is 0 Å². The van der Waals surface area contributed by atoms with Crippen LogP contribution < -0.4 is 10.6 Å². The zero-order valence-corrected chi connectivity index (χ0v) is 12.3. The average Bonchev–Trinajstić information content (AvgIpc) is 2.91. The summed E-state index contributed by atoms with van der Waals surface area (Å²) < 4.78 is 40.3. The molecule has 112 valence electrons. The fourth-order valence-electron chi connectivity index (χ4n) is 2.22. The summed E-state index contributed by atoms with van der Waals surface area (Å²) in [5, 5.41) is 13.8. The lowest BCUT2D eigenvalue weighted by molar-refractivity contribution is -0.213. The van der Waals surface area contributed by atoms with Gasteiger partial charge in [0.15, 0.2) is 5.41 Å². The molecule has 1 aliphatic rings. The number of hydrogen-bond donors (Lipinski definition) is 2. The topological polar surface area (TPSA) is 64.9 Å². The minimum absolute atomic E-state index is 0.0706. The Labute approximate surface area is 127 Å². The summed E-state index contributed by atoms with van der Waals surface area (Å²) in [6.07, 6.45) is -4.97. The highest BCUT2D eigenvalue weighted by atomic mass is 79.9. The number of benzene rings is 1. The Morgan fingerprint density at radius 3 is 2.71 bits per heavy atom. The van der Waals surface area contributed by atoms with E-state index in [9.17, 15) is 18.0 Å². The predicted octanol–water partition coefficient (Wildman–Crippen LogP) is 2.80. The van der Waals surface area contributed by atoms with Crippen molar-refractivity contribution in [3.8, 4) is 6.07 Å². The molecule has 21 heavy (non-hydrogen) atoms. The summed E-state index contributed by atoms with van der Waals surface area (Å²) in [4.78, 5) is 12.1. The lowest BCUT2D eigenvalue weighted by Gasteiger charge is -2.29. The maximum absolute atomic E-state index is 13.2. The van der Waals surface area contributed by atoms with Gasteiger partial charge >= 0.3 is 6.18 Å². The van der Waals surface area contributed by atoms with Crippen molar-refractivity contribution in [3.05, 3.63) is 28.2 Å². The molecular weight excluding hydrogens is 351 g/mol. The van der Waals surface area contributed by atoms with Gasteiger partial charge in [0.1, 0.15) is 6.07 Å². The van der Waals surface area contributed by atoms with Crippen molar-refractivity contribution in [3.63, 3.8) is 0 Å². The van der Waals surface area contributed by atoms with Crippen molar-refractivity contribution < 1.29 is 18.0 Å². The number of carbonyl (C=O) groups is 1. The Balaban J connectivity index is 2.31. The van der Waals surface area contributed by atoms with Crippen LogP contribution in [0.3, 0.4) is 0 Å². The van der Waals surface area contributed by atoms with Gasteiger partial charge in [-0.15, -0.1) is 0 Å². The standard InChI is InChI=1S/C13H11BrF3N3O/c14-9-1-2-10(8(5-9)6-18)20-11(21)12(13(15,16)17)3-4-19-7-12/h1-2,5,19H,3-4,7H2,(H,20,21). The molecule has 1 aliphatic heterocycles. The van der Waals surface area contributed by atoms with E-state index in [4.69, 9.17) is 5.26 Å². The normalized spacial score (nSPS) is 21.9. The second-order valence-corrected chi connectivity index (χ2v) is 5.68. The number of alkyl halides is 3. The van der Waals surface area contributed by atoms with E-state index in [1.165, 1.54) is 12.1 Å². The van der Waals surface area contributed by atoms with Gasteiger partial charge in [-0.1, -0.05) is 15.9 Å². The molecule has 2 N–H and O–H groups in total. The van der Waals surface area contributed by atoms with Gasteiger partial charge < -0.3 is 10.6 Å². The molecule has 1 aromatic rings. The van der Waals surface area contributed by atoms with Gasteiger partial charge in [-0.25, -0.2) is 0 Å². The molecule has 1 amide bonds. The molecule has 1 atom stereocenters. The Morgan fingerprint density at radius 2 is 2.19 bits per heavy atom. The second-order valence-electron chi connectivity index (χ2n) is 4.76. The van der Waals surface area contributed by atoms with Crippen molar-refractivity contribution in [2.45, 2.75) is 12.6 Å². The molecule has 0 aliphatic carbocycles. The van der Waals surface area contributed by atoms with Crippen LogP contribution in [-0.4, -0.2) is 25.2 Å². The molecule has 1 unspecified atom stereocenters. The van der Waals surface area contributed by atoms with Crippen LogP contribution in [0.5, 0.6) is 0 Å². The summed E-state index contributed by atoms with van der Waals surface area (Å²) in [6.45, 7) is -0.334. The van der Waals surface area contributed by atoms with Crippen LogP contribution in [0.25, 0.3) is 0 Å². The summed E-state index contributed by atoms with van der Waals surface area (Å²) in [5.74, 6) is -1.14. The van der Waals surface area contributed by atoms with Crippen molar-refractivity contribution in [1.29, 1.82) is 5.26 Å². The summed E-state index contributed by atoms with van der Waals surface area (Å²) >= 11 is 3.16. The monoisotopic (exact) mass is 361 g/mol. The number of nitrogens with one attached hydrogen (secondary N) is 2. The third-order valence-corrected chi connectivity index (χ3v) is 3.98. The summed E-state index contributed by atoms with van der Waals surface area (Å²) in [6, 6.07) is 6.22. The molecular formula is C13H11BrF3N3O. The van der Waals surface area contributed by atoms with Gasteiger partial charge in [0, 0.05) is 11.0 Å². The van der Waals surface area contributed by atoms with E-state index < -0.39 is 24.0 Å². The second kappa shape index (κ2) is 5.66. The molecule has 0 saturated carbocycles. The largest absolute Gasteiger partial charge is 0.404 e. The molecule has 0 radical (unpaired) electrons. The van der Waals surface area contributed by atoms with Gasteiger partial charge in [0.25, 0.3) is 0 Å². The van der Waals surface area contributed by atoms with E-state index in [-0.39, 0.29) is 24.2 Å². The van der Waals surface area contributed by atoms with Crippen LogP contribution in [0, 0.1) is 16.7 Å². The highest BCUT2D eigenvalue weighted by molar-refractivity contribution is 9.10. The fourth-order valence-corrected chi connectivity index (χ4v) is 2.58. The van der Waals surface area contributed by atoms with E-state index in [0.717, 1.165) is 0 Å². The van der Waals surface area contributed by atoms with E-state index in [2.05, 4.69) is 26.6 Å². The van der Waals surface area contributed by atoms with Gasteiger partial charge in [0.2, 0.25) is 5.91 Å². The highest BCUT2D eigenvalue weighted by Gasteiger charge is 2.61. The first-order valence-corrected chi connectivity index (χ1v) is 6.88. The first-order chi connectivity index (χ1) is 9.80. The van der Waals surface area contributed by atoms with E-state index in [0.29, 0.717) is 4.47 Å². The molecule has 1 fully saturated rings. The Kier molecular flexibility index (Phi) is 4.25. The Hall–Kier alpha value is -1.59. The van der Waals surface area contributed by atoms with Gasteiger partial charge in [-0.3, -0.25) is 4.79 Å². The first-order valence-electron chi connectivity index (χ1n) is 6.09. The molecule has 0 spiro atoms. The molecule has 1 saturated heterocycles. The maximum atomic E-state index is 13.2. The average molecular weight is 362 g/mol. The minimum atomic E-state index is -4.65. The number of hydrogen-bond acceptors (Lipinski definition) is 3. The number of rotatable bonds is 2. The molecule has 1 aromatic carbocycles. The zero-order valence-electron chi connectivity index (χ0n) is 10.7. The number of carbonyl (C=O) groups excluding carboxylic acids is 1. The van der Waals surface area contributed by atoms with E-state index in [1.807, 2.05) is 6.07 Å². The van der Waals surface area contributed by atoms with Gasteiger partial charge in [0.05, 0.1) is 11.3 Å². The number of halogens is 4. The molecule has 0 bridgehead atoms. The minimum Gasteiger partial charge on any atom is -0.324 e. The zero-order chi connectivity index (χ0) is 15.7. The third-order valence-electron chi connectivity index (χ3n) is 3.48. The van der Waals surface area contributed by atoms with Crippen molar-refractivity contribution in [2.75, 3.05) is 18.4 Å². The quantitative estimate of drug-likeness (QED) is 0.851. The highest BCUT2D eigenvalue weighted by Crippen LogP contribution is 2.44. The molecule has 1 heterocycles. The van der Waals surface area contributed by atoms with Crippen LogP contribution >= 0.6 is 15.9 Å². The van der Waals surface area contributed by atoms with Crippen molar-refractivity contribution in [1.82, 2.24) is 5.32 Å². The maximum Gasteiger partial charge on any atom is 0.404 e. The lowest BCUT2D eigenvalue weighted by Crippen LogP contribution is -2.49. The van der Waals surface area contributed by atoms with Crippen molar-refractivity contribution in [2.24, 2.45) is 5.41 Å². The smallest absolute Gasteiger partial charge is 0.324 e. The lowest BCUT2D eigenvalue weighted by atomic mass is 9.85. The number of nitrogens with zero attached hydrogens (tertiary/aromatic N) is 1.